The van der Waals surface area contributed by atoms with E-state index in [-0.39, 0.29) is 0 Å². The van der Waals surface area contributed by atoms with Gasteiger partial charge in [-0.05, 0) is 107 Å². The van der Waals surface area contributed by atoms with Crippen LogP contribution in [0.3, 0.4) is 0 Å². The lowest BCUT2D eigenvalue weighted by Crippen LogP contribution is -1.98. The highest BCUT2D eigenvalue weighted by molar-refractivity contribution is 6.27. The Morgan fingerprint density at radius 2 is 0.378 bits per heavy atom. The minimum absolute atomic E-state index is 0.295. The summed E-state index contributed by atoms with van der Waals surface area (Å²) in [6.07, 6.45) is 36.9. The van der Waals surface area contributed by atoms with E-state index in [0.29, 0.717) is 109 Å². The summed E-state index contributed by atoms with van der Waals surface area (Å²) in [5.41, 5.74) is 0. The second-order valence-corrected chi connectivity index (χ2v) is 23.4. The maximum Gasteiger partial charge on any atom is 0.259 e. The molecular weight excluding hydrogens is 1140 g/mol. The highest BCUT2D eigenvalue weighted by atomic mass is 16.5. The van der Waals surface area contributed by atoms with Crippen LogP contribution >= 0.6 is 0 Å². The third kappa shape index (κ3) is 17.8. The van der Waals surface area contributed by atoms with E-state index in [1.807, 2.05) is 102 Å². The minimum atomic E-state index is 0.295. The van der Waals surface area contributed by atoms with Gasteiger partial charge in [-0.1, -0.05) is 219 Å². The van der Waals surface area contributed by atoms with Gasteiger partial charge in [0.2, 0.25) is 0 Å². The summed E-state index contributed by atoms with van der Waals surface area (Å²) in [6.45, 7) is 17.4. The van der Waals surface area contributed by atoms with Crippen LogP contribution < -0.4 is 28.4 Å². The van der Waals surface area contributed by atoms with Gasteiger partial charge in [-0.3, -0.25) is 0 Å². The van der Waals surface area contributed by atoms with E-state index in [2.05, 4.69) is 103 Å². The van der Waals surface area contributed by atoms with Gasteiger partial charge >= 0.3 is 0 Å². The second-order valence-electron chi connectivity index (χ2n) is 23.4. The SMILES string of the molecule is CCCCCCn1cc(Oc2cc3c4cc(Oc5cn(CCCCCC)nn5)c(Oc5cn(CCCCCC)nn5)cc4c4cc(Oc5cn(CCCCCC)nn5)c(Oc5cn(CCCCCC)nn5)cc4c3cc2Oc2cn(CCCCCC)nn2)nn1. The molecule has 90 heavy (non-hydrogen) atoms. The first-order valence-electron chi connectivity index (χ1n) is 33.3. The van der Waals surface area contributed by atoms with Gasteiger partial charge in [-0.2, -0.15) is 0 Å². The Hall–Kier alpha value is -8.70. The molecule has 24 nitrogen and oxygen atoms in total. The van der Waals surface area contributed by atoms with E-state index in [0.717, 1.165) is 186 Å². The first-order valence-corrected chi connectivity index (χ1v) is 33.3. The zero-order valence-electron chi connectivity index (χ0n) is 53.6. The average molecular weight is 1230 g/mol. The van der Waals surface area contributed by atoms with Gasteiger partial charge in [0, 0.05) is 39.3 Å². The molecule has 0 saturated carbocycles. The summed E-state index contributed by atoms with van der Waals surface area (Å²) in [7, 11) is 0. The predicted octanol–water partition coefficient (Wildman–Crippen LogP) is 16.9. The fourth-order valence-corrected chi connectivity index (χ4v) is 11.0. The number of aryl methyl sites for hydroxylation is 6. The predicted molar refractivity (Wildman–Crippen MR) is 344 cm³/mol. The summed E-state index contributed by atoms with van der Waals surface area (Å²) in [5.74, 6) is 3.90. The monoisotopic (exact) mass is 1230 g/mol. The quantitative estimate of drug-likeness (QED) is 0.0255. The number of unbranched alkanes of at least 4 members (excludes halogenated alkanes) is 18. The van der Waals surface area contributed by atoms with Crippen LogP contribution in [-0.2, 0) is 39.3 Å². The summed E-state index contributed by atoms with van der Waals surface area (Å²) in [5, 5.41) is 58.3. The number of ether oxygens (including phenoxy) is 6. The highest BCUT2D eigenvalue weighted by Crippen LogP contribution is 2.50. The number of hydrogen-bond donors (Lipinski definition) is 0. The van der Waals surface area contributed by atoms with E-state index in [1.165, 1.54) is 0 Å². The lowest BCUT2D eigenvalue weighted by Gasteiger charge is -2.18. The molecule has 0 spiro atoms. The first kappa shape index (κ1) is 64.3. The normalized spacial score (nSPS) is 11.7. The molecule has 0 unspecified atom stereocenters. The smallest absolute Gasteiger partial charge is 0.259 e. The standard InChI is InChI=1S/C66H90N18O6/c1-7-13-19-25-31-79-43-61(67-73-79)85-55-37-49-50(38-56(55)86-62-44-80(74-68-62)32-26-20-14-8-2)52-40-58(88-64-46-82(76-70-64)34-28-22-16-10-4)60(90-66-48-84(78-72-66)36-30-24-18-12-6)42-54(52)53-41-59(89-65-47-83(77-71-65)35-29-23-17-11-5)57(39-51(49)53)87-63-45-81(75-69-63)33-27-21-15-9-3/h37-48H,7-36H2,1-6H3. The van der Waals surface area contributed by atoms with Crippen LogP contribution in [0, 0.1) is 0 Å². The number of aromatic nitrogens is 18. The van der Waals surface area contributed by atoms with Crippen molar-refractivity contribution in [1.82, 2.24) is 90.0 Å². The molecule has 0 bridgehead atoms. The Labute approximate surface area is 526 Å². The molecule has 480 valence electrons. The van der Waals surface area contributed by atoms with Crippen molar-refractivity contribution in [3.63, 3.8) is 0 Å². The molecule has 0 radical (unpaired) electrons. The summed E-state index contributed by atoms with van der Waals surface area (Å²) >= 11 is 0. The summed E-state index contributed by atoms with van der Waals surface area (Å²) < 4.78 is 51.7. The van der Waals surface area contributed by atoms with Gasteiger partial charge in [0.05, 0.1) is 37.2 Å². The molecule has 0 amide bonds. The van der Waals surface area contributed by atoms with Crippen molar-refractivity contribution in [1.29, 1.82) is 0 Å². The third-order valence-electron chi connectivity index (χ3n) is 16.0. The number of rotatable bonds is 42. The van der Waals surface area contributed by atoms with Crippen LogP contribution in [0.1, 0.15) is 196 Å². The lowest BCUT2D eigenvalue weighted by atomic mass is 9.93. The molecule has 0 saturated heterocycles. The van der Waals surface area contributed by atoms with Crippen molar-refractivity contribution >= 4 is 32.3 Å². The van der Waals surface area contributed by atoms with Gasteiger partial charge < -0.3 is 28.4 Å². The van der Waals surface area contributed by atoms with Crippen molar-refractivity contribution in [3.05, 3.63) is 73.6 Å². The molecule has 0 aliphatic rings. The molecule has 0 atom stereocenters. The van der Waals surface area contributed by atoms with E-state index in [4.69, 9.17) is 28.4 Å². The Morgan fingerprint density at radius 3 is 0.522 bits per heavy atom. The number of fused-ring (bicyclic) bond motifs is 6. The number of benzene rings is 4. The third-order valence-corrected chi connectivity index (χ3v) is 16.0. The molecule has 0 N–H and O–H groups in total. The van der Waals surface area contributed by atoms with Crippen molar-refractivity contribution in [2.45, 2.75) is 235 Å². The van der Waals surface area contributed by atoms with Crippen LogP contribution in [0.4, 0.5) is 0 Å². The topological polar surface area (TPSA) is 240 Å². The van der Waals surface area contributed by atoms with Gasteiger partial charge in [0.15, 0.2) is 34.5 Å². The number of nitrogens with zero attached hydrogens (tertiary/aromatic N) is 18. The highest BCUT2D eigenvalue weighted by Gasteiger charge is 2.25. The van der Waals surface area contributed by atoms with Crippen LogP contribution in [-0.4, -0.2) is 90.0 Å². The molecule has 4 aromatic carbocycles. The van der Waals surface area contributed by atoms with Gasteiger partial charge in [0.25, 0.3) is 35.3 Å². The summed E-state index contributed by atoms with van der Waals surface area (Å²) in [6, 6.07) is 11.7. The van der Waals surface area contributed by atoms with Crippen molar-refractivity contribution in [2.75, 3.05) is 0 Å². The molecule has 6 heterocycles. The van der Waals surface area contributed by atoms with Crippen LogP contribution in [0.2, 0.25) is 0 Å². The zero-order valence-corrected chi connectivity index (χ0v) is 53.6. The molecule has 0 fully saturated rings. The van der Waals surface area contributed by atoms with E-state index in [1.54, 1.807) is 0 Å². The molecule has 0 aliphatic heterocycles. The lowest BCUT2D eigenvalue weighted by molar-refractivity contribution is 0.401. The van der Waals surface area contributed by atoms with Crippen LogP contribution in [0.5, 0.6) is 69.8 Å². The summed E-state index contributed by atoms with van der Waals surface area (Å²) in [4.78, 5) is 0. The molecule has 10 rings (SSSR count). The fraction of sp³-hybridized carbons (Fsp3) is 0.545. The Balaban J connectivity index is 1.17. The van der Waals surface area contributed by atoms with Gasteiger partial charge in [-0.15, -0.1) is 0 Å². The van der Waals surface area contributed by atoms with Gasteiger partial charge in [0.1, 0.15) is 0 Å². The van der Waals surface area contributed by atoms with Crippen molar-refractivity contribution < 1.29 is 28.4 Å². The zero-order chi connectivity index (χ0) is 62.3. The second kappa shape index (κ2) is 33.2. The maximum absolute atomic E-state index is 6.80. The van der Waals surface area contributed by atoms with E-state index in [9.17, 15) is 0 Å². The van der Waals surface area contributed by atoms with Crippen LogP contribution in [0.15, 0.2) is 73.6 Å². The molecule has 0 aliphatic carbocycles. The fourth-order valence-electron chi connectivity index (χ4n) is 11.0. The Morgan fingerprint density at radius 1 is 0.222 bits per heavy atom. The Bertz CT molecular complexity index is 3150. The molecule has 24 heteroatoms. The van der Waals surface area contributed by atoms with Crippen LogP contribution in [0.25, 0.3) is 32.3 Å². The molecule has 10 aromatic rings. The maximum atomic E-state index is 6.80. The largest absolute Gasteiger partial charge is 0.432 e. The molecular formula is C66H90N18O6. The first-order chi connectivity index (χ1) is 44.3. The number of hydrogen-bond acceptors (Lipinski definition) is 18. The van der Waals surface area contributed by atoms with Crippen molar-refractivity contribution in [3.8, 4) is 69.8 Å². The van der Waals surface area contributed by atoms with E-state index >= 15 is 0 Å². The minimum Gasteiger partial charge on any atom is -0.432 e. The van der Waals surface area contributed by atoms with E-state index < -0.39 is 0 Å². The average Bonchev–Trinajstić information content (AvgIpc) is 0.833. The Kier molecular flexibility index (Phi) is 23.7. The van der Waals surface area contributed by atoms with Crippen molar-refractivity contribution in [2.24, 2.45) is 0 Å². The molecule has 6 aromatic heterocycles. The van der Waals surface area contributed by atoms with Gasteiger partial charge in [-0.25, -0.2) is 28.1 Å².